The first kappa shape index (κ1) is 24.9. The number of hydrogen-bond acceptors (Lipinski definition) is 5. The minimum Gasteiger partial charge on any atom is -0.494 e. The van der Waals surface area contributed by atoms with Gasteiger partial charge in [-0.3, -0.25) is 19.3 Å². The molecule has 0 radical (unpaired) electrons. The molecule has 1 saturated heterocycles. The van der Waals surface area contributed by atoms with Gasteiger partial charge in [0.05, 0.1) is 13.2 Å². The van der Waals surface area contributed by atoms with Gasteiger partial charge in [0.2, 0.25) is 11.8 Å². The lowest BCUT2D eigenvalue weighted by molar-refractivity contribution is -0.133. The van der Waals surface area contributed by atoms with Gasteiger partial charge in [0.1, 0.15) is 5.75 Å². The number of amides is 2. The summed E-state index contributed by atoms with van der Waals surface area (Å²) < 4.78 is 5.67. The first-order chi connectivity index (χ1) is 14.9. The Balaban J connectivity index is 1.69. The Bertz CT molecular complexity index is 710. The molecular weight excluding hydrogens is 394 g/mol. The van der Waals surface area contributed by atoms with Gasteiger partial charge in [-0.2, -0.15) is 0 Å². The van der Waals surface area contributed by atoms with Crippen LogP contribution in [0.3, 0.4) is 0 Å². The summed E-state index contributed by atoms with van der Waals surface area (Å²) in [5, 5.41) is 2.88. The second-order valence-corrected chi connectivity index (χ2v) is 8.38. The highest BCUT2D eigenvalue weighted by atomic mass is 16.5. The van der Waals surface area contributed by atoms with Gasteiger partial charge in [-0.1, -0.05) is 19.8 Å². The molecule has 0 unspecified atom stereocenters. The van der Waals surface area contributed by atoms with E-state index in [-0.39, 0.29) is 36.5 Å². The highest BCUT2D eigenvalue weighted by molar-refractivity contribution is 5.98. The molecule has 1 heterocycles. The van der Waals surface area contributed by atoms with Crippen molar-refractivity contribution in [2.24, 2.45) is 0 Å². The van der Waals surface area contributed by atoms with E-state index >= 15 is 0 Å². The number of nitrogens with one attached hydrogen (secondary N) is 1. The normalized spacial score (nSPS) is 14.5. The Labute approximate surface area is 186 Å². The Kier molecular flexibility index (Phi) is 10.5. The monoisotopic (exact) mass is 431 g/mol. The molecule has 0 bridgehead atoms. The molecule has 0 atom stereocenters. The van der Waals surface area contributed by atoms with E-state index in [1.807, 2.05) is 26.0 Å². The number of rotatable bonds is 12. The molecule has 1 aromatic rings. The summed E-state index contributed by atoms with van der Waals surface area (Å²) >= 11 is 0. The number of ketones is 1. The number of carbonyl (C=O) groups excluding carboxylic acids is 3. The van der Waals surface area contributed by atoms with Gasteiger partial charge in [0, 0.05) is 50.6 Å². The van der Waals surface area contributed by atoms with Gasteiger partial charge < -0.3 is 15.0 Å². The van der Waals surface area contributed by atoms with E-state index in [2.05, 4.69) is 17.1 Å². The Morgan fingerprint density at radius 3 is 2.29 bits per heavy atom. The molecule has 172 valence electrons. The molecule has 0 aliphatic carbocycles. The largest absolute Gasteiger partial charge is 0.494 e. The Morgan fingerprint density at radius 1 is 1.00 bits per heavy atom. The third-order valence-electron chi connectivity index (χ3n) is 5.30. The number of Topliss-reactive ketones (excluding diaryl/α,β-unsaturated/α-hetero) is 1. The van der Waals surface area contributed by atoms with Crippen molar-refractivity contribution in [3.05, 3.63) is 29.8 Å². The smallest absolute Gasteiger partial charge is 0.234 e. The van der Waals surface area contributed by atoms with Gasteiger partial charge in [-0.25, -0.2) is 0 Å². The first-order valence-electron chi connectivity index (χ1n) is 11.4. The third-order valence-corrected chi connectivity index (χ3v) is 5.30. The Hall–Kier alpha value is -2.41. The molecule has 2 amide bonds. The van der Waals surface area contributed by atoms with Crippen LogP contribution in [0.25, 0.3) is 0 Å². The summed E-state index contributed by atoms with van der Waals surface area (Å²) in [6.45, 7) is 9.59. The van der Waals surface area contributed by atoms with E-state index < -0.39 is 0 Å². The van der Waals surface area contributed by atoms with Crippen molar-refractivity contribution in [3.8, 4) is 5.75 Å². The molecule has 1 N–H and O–H groups in total. The van der Waals surface area contributed by atoms with Crippen LogP contribution in [-0.4, -0.2) is 72.8 Å². The lowest BCUT2D eigenvalue weighted by Crippen LogP contribution is -2.51. The predicted molar refractivity (Wildman–Crippen MR) is 121 cm³/mol. The fraction of sp³-hybridized carbons (Fsp3) is 0.625. The average Bonchev–Trinajstić information content (AvgIpc) is 2.75. The van der Waals surface area contributed by atoms with E-state index in [1.54, 1.807) is 17.0 Å². The van der Waals surface area contributed by atoms with Gasteiger partial charge in [0.25, 0.3) is 0 Å². The minimum absolute atomic E-state index is 0.00416. The number of hydrogen-bond donors (Lipinski definition) is 1. The van der Waals surface area contributed by atoms with E-state index in [9.17, 15) is 14.4 Å². The van der Waals surface area contributed by atoms with E-state index in [1.165, 1.54) is 0 Å². The van der Waals surface area contributed by atoms with Crippen molar-refractivity contribution in [1.29, 1.82) is 0 Å². The van der Waals surface area contributed by atoms with Crippen LogP contribution in [0.15, 0.2) is 24.3 Å². The highest BCUT2D eigenvalue weighted by Crippen LogP contribution is 2.15. The maximum Gasteiger partial charge on any atom is 0.234 e. The van der Waals surface area contributed by atoms with Crippen LogP contribution in [0.2, 0.25) is 0 Å². The highest BCUT2D eigenvalue weighted by Gasteiger charge is 2.23. The molecule has 31 heavy (non-hydrogen) atoms. The summed E-state index contributed by atoms with van der Waals surface area (Å²) in [4.78, 5) is 40.6. The van der Waals surface area contributed by atoms with Gasteiger partial charge >= 0.3 is 0 Å². The number of ether oxygens (including phenoxy) is 1. The van der Waals surface area contributed by atoms with Crippen molar-refractivity contribution in [3.63, 3.8) is 0 Å². The quantitative estimate of drug-likeness (QED) is 0.407. The summed E-state index contributed by atoms with van der Waals surface area (Å²) in [5.41, 5.74) is 0.606. The van der Waals surface area contributed by atoms with Crippen LogP contribution in [0.4, 0.5) is 0 Å². The summed E-state index contributed by atoms with van der Waals surface area (Å²) in [6, 6.07) is 7.29. The lowest BCUT2D eigenvalue weighted by Gasteiger charge is -2.34. The van der Waals surface area contributed by atoms with Gasteiger partial charge in [-0.05, 0) is 44.5 Å². The van der Waals surface area contributed by atoms with Crippen molar-refractivity contribution in [2.75, 3.05) is 39.3 Å². The van der Waals surface area contributed by atoms with Gasteiger partial charge in [-0.15, -0.1) is 0 Å². The third kappa shape index (κ3) is 9.09. The molecule has 0 aromatic heterocycles. The fourth-order valence-electron chi connectivity index (χ4n) is 3.53. The molecule has 1 fully saturated rings. The van der Waals surface area contributed by atoms with E-state index in [4.69, 9.17) is 4.74 Å². The van der Waals surface area contributed by atoms with Crippen molar-refractivity contribution < 1.29 is 19.1 Å². The second kappa shape index (κ2) is 13.1. The van der Waals surface area contributed by atoms with E-state index in [0.717, 1.165) is 25.0 Å². The predicted octanol–water partition coefficient (Wildman–Crippen LogP) is 2.89. The molecule has 1 aromatic carbocycles. The molecule has 7 nitrogen and oxygen atoms in total. The zero-order valence-electron chi connectivity index (χ0n) is 19.2. The van der Waals surface area contributed by atoms with Crippen molar-refractivity contribution >= 4 is 17.6 Å². The zero-order chi connectivity index (χ0) is 22.6. The van der Waals surface area contributed by atoms with Crippen LogP contribution in [-0.2, 0) is 9.59 Å². The zero-order valence-corrected chi connectivity index (χ0v) is 19.2. The number of unbranched alkanes of at least 4 members (excludes halogenated alkanes) is 2. The number of carbonyl (C=O) groups is 3. The maximum absolute atomic E-state index is 12.5. The molecule has 0 saturated carbocycles. The number of nitrogens with zero attached hydrogens (tertiary/aromatic N) is 2. The average molecular weight is 432 g/mol. The van der Waals surface area contributed by atoms with Gasteiger partial charge in [0.15, 0.2) is 5.78 Å². The lowest BCUT2D eigenvalue weighted by atomic mass is 10.1. The van der Waals surface area contributed by atoms with Crippen LogP contribution in [0, 0.1) is 0 Å². The van der Waals surface area contributed by atoms with Crippen molar-refractivity contribution in [2.45, 2.75) is 58.9 Å². The summed E-state index contributed by atoms with van der Waals surface area (Å²) in [6.07, 6.45) is 3.74. The van der Waals surface area contributed by atoms with Crippen LogP contribution < -0.4 is 10.1 Å². The minimum atomic E-state index is -0.0325. The summed E-state index contributed by atoms with van der Waals surface area (Å²) in [7, 11) is 0. The molecular formula is C24H37N3O4. The SMILES string of the molecule is CCCCCOc1ccc(C(=O)CCC(=O)N2CCN(CC(=O)NC(C)C)CC2)cc1. The van der Waals surface area contributed by atoms with Crippen LogP contribution >= 0.6 is 0 Å². The number of benzene rings is 1. The molecule has 1 aliphatic rings. The second-order valence-electron chi connectivity index (χ2n) is 8.38. The Morgan fingerprint density at radius 2 is 1.68 bits per heavy atom. The van der Waals surface area contributed by atoms with E-state index in [0.29, 0.717) is 44.9 Å². The van der Waals surface area contributed by atoms with Crippen LogP contribution in [0.1, 0.15) is 63.2 Å². The first-order valence-corrected chi connectivity index (χ1v) is 11.4. The topological polar surface area (TPSA) is 79.0 Å². The number of piperazine rings is 1. The maximum atomic E-state index is 12.5. The standard InChI is InChI=1S/C24H37N3O4/c1-4-5-6-17-31-21-9-7-20(8-10-21)22(28)11-12-24(30)27-15-13-26(14-16-27)18-23(29)25-19(2)3/h7-10,19H,4-6,11-18H2,1-3H3,(H,25,29). The molecule has 1 aliphatic heterocycles. The van der Waals surface area contributed by atoms with Crippen molar-refractivity contribution in [1.82, 2.24) is 15.1 Å². The van der Waals surface area contributed by atoms with Crippen LogP contribution in [0.5, 0.6) is 5.75 Å². The molecule has 0 spiro atoms. The molecule has 7 heteroatoms. The summed E-state index contributed by atoms with van der Waals surface area (Å²) in [5.74, 6) is 0.742. The molecule has 2 rings (SSSR count). The fourth-order valence-corrected chi connectivity index (χ4v) is 3.53.